The first-order valence-corrected chi connectivity index (χ1v) is 8.50. The zero-order valence-electron chi connectivity index (χ0n) is 13.0. The standard InChI is InChI=1S/C16H16N4O3S/c1-19-7-6-10-12(8-19)24-16-13(10)15(21)17-14(18-16)9-4-2-3-5-11(9)20(22)23/h2-5,14,18H,6-8H2,1H3,(H,17,21)/t14-/m0/s1. The summed E-state index contributed by atoms with van der Waals surface area (Å²) >= 11 is 1.57. The molecule has 124 valence electrons. The van der Waals surface area contributed by atoms with E-state index in [-0.39, 0.29) is 11.6 Å². The monoisotopic (exact) mass is 344 g/mol. The summed E-state index contributed by atoms with van der Waals surface area (Å²) in [6.07, 6.45) is 0.257. The summed E-state index contributed by atoms with van der Waals surface area (Å²) in [6, 6.07) is 6.48. The van der Waals surface area contributed by atoms with E-state index < -0.39 is 11.1 Å². The number of amides is 1. The number of carbonyl (C=O) groups excluding carboxylic acids is 1. The third kappa shape index (κ3) is 2.35. The van der Waals surface area contributed by atoms with E-state index in [0.717, 1.165) is 30.1 Å². The average molecular weight is 344 g/mol. The van der Waals surface area contributed by atoms with E-state index >= 15 is 0 Å². The van der Waals surface area contributed by atoms with Crippen molar-refractivity contribution in [3.05, 3.63) is 55.9 Å². The summed E-state index contributed by atoms with van der Waals surface area (Å²) in [5, 5.41) is 18.2. The Labute approximate surface area is 142 Å². The first-order chi connectivity index (χ1) is 11.5. The van der Waals surface area contributed by atoms with Crippen LogP contribution in [0.25, 0.3) is 0 Å². The Morgan fingerprint density at radius 2 is 2.12 bits per heavy atom. The van der Waals surface area contributed by atoms with Crippen LogP contribution >= 0.6 is 11.3 Å². The molecule has 1 amide bonds. The Bertz CT molecular complexity index is 848. The topological polar surface area (TPSA) is 87.5 Å². The maximum atomic E-state index is 12.6. The number of anilines is 1. The van der Waals surface area contributed by atoms with E-state index in [1.54, 1.807) is 29.5 Å². The number of likely N-dealkylation sites (N-methyl/N-ethyl adjacent to an activating group) is 1. The second-order valence-corrected chi connectivity index (χ2v) is 7.17. The molecule has 2 aromatic rings. The van der Waals surface area contributed by atoms with Crippen molar-refractivity contribution in [3.63, 3.8) is 0 Å². The van der Waals surface area contributed by atoms with E-state index in [1.807, 2.05) is 0 Å². The lowest BCUT2D eigenvalue weighted by molar-refractivity contribution is -0.385. The van der Waals surface area contributed by atoms with Crippen LogP contribution in [0.5, 0.6) is 0 Å². The number of hydrogen-bond donors (Lipinski definition) is 2. The molecular weight excluding hydrogens is 328 g/mol. The Kier molecular flexibility index (Phi) is 3.50. The van der Waals surface area contributed by atoms with Gasteiger partial charge in [0.2, 0.25) is 0 Å². The number of carbonyl (C=O) groups is 1. The van der Waals surface area contributed by atoms with Gasteiger partial charge < -0.3 is 15.5 Å². The number of nitrogens with one attached hydrogen (secondary N) is 2. The number of fused-ring (bicyclic) bond motifs is 3. The van der Waals surface area contributed by atoms with Crippen molar-refractivity contribution >= 4 is 27.9 Å². The van der Waals surface area contributed by atoms with Gasteiger partial charge in [-0.25, -0.2) is 0 Å². The van der Waals surface area contributed by atoms with Gasteiger partial charge in [0.25, 0.3) is 11.6 Å². The lowest BCUT2D eigenvalue weighted by Crippen LogP contribution is -2.39. The van der Waals surface area contributed by atoms with Crippen molar-refractivity contribution in [1.29, 1.82) is 0 Å². The molecule has 0 saturated carbocycles. The molecule has 24 heavy (non-hydrogen) atoms. The number of hydrogen-bond acceptors (Lipinski definition) is 6. The predicted octanol–water partition coefficient (Wildman–Crippen LogP) is 2.50. The minimum Gasteiger partial charge on any atom is -0.352 e. The van der Waals surface area contributed by atoms with Gasteiger partial charge in [-0.2, -0.15) is 0 Å². The lowest BCUT2D eigenvalue weighted by atomic mass is 10.0. The highest BCUT2D eigenvalue weighted by Crippen LogP contribution is 2.41. The molecule has 1 atom stereocenters. The van der Waals surface area contributed by atoms with Crippen molar-refractivity contribution in [1.82, 2.24) is 10.2 Å². The minimum absolute atomic E-state index is 0.000183. The fourth-order valence-electron chi connectivity index (χ4n) is 3.30. The van der Waals surface area contributed by atoms with Crippen LogP contribution in [0.15, 0.2) is 24.3 Å². The third-order valence-electron chi connectivity index (χ3n) is 4.47. The lowest BCUT2D eigenvalue weighted by Gasteiger charge is -2.27. The molecule has 0 unspecified atom stereocenters. The fraction of sp³-hybridized carbons (Fsp3) is 0.312. The highest BCUT2D eigenvalue weighted by Gasteiger charge is 2.34. The number of para-hydroxylation sites is 1. The smallest absolute Gasteiger partial charge is 0.276 e. The van der Waals surface area contributed by atoms with Crippen LogP contribution < -0.4 is 10.6 Å². The molecule has 7 nitrogen and oxygen atoms in total. The summed E-state index contributed by atoms with van der Waals surface area (Å²) in [7, 11) is 2.06. The number of benzene rings is 1. The second kappa shape index (κ2) is 5.57. The summed E-state index contributed by atoms with van der Waals surface area (Å²) in [6.45, 7) is 1.76. The molecule has 8 heteroatoms. The number of rotatable bonds is 2. The summed E-state index contributed by atoms with van der Waals surface area (Å²) in [5.41, 5.74) is 2.28. The first kappa shape index (κ1) is 15.1. The molecule has 3 heterocycles. The first-order valence-electron chi connectivity index (χ1n) is 7.68. The molecule has 2 N–H and O–H groups in total. The summed E-state index contributed by atoms with van der Waals surface area (Å²) in [5.74, 6) is -0.158. The SMILES string of the molecule is CN1CCc2c(sc3c2C(=O)N[C@H](c2ccccc2[N+](=O)[O-])N3)C1. The highest BCUT2D eigenvalue weighted by atomic mass is 32.1. The van der Waals surface area contributed by atoms with Crippen molar-refractivity contribution < 1.29 is 9.72 Å². The Morgan fingerprint density at radius 1 is 1.33 bits per heavy atom. The van der Waals surface area contributed by atoms with Crippen LogP contribution in [-0.2, 0) is 13.0 Å². The highest BCUT2D eigenvalue weighted by molar-refractivity contribution is 7.16. The Balaban J connectivity index is 1.73. The van der Waals surface area contributed by atoms with Gasteiger partial charge >= 0.3 is 0 Å². The van der Waals surface area contributed by atoms with Crippen LogP contribution in [0.3, 0.4) is 0 Å². The fourth-order valence-corrected chi connectivity index (χ4v) is 4.65. The van der Waals surface area contributed by atoms with Gasteiger partial charge in [-0.05, 0) is 25.1 Å². The second-order valence-electron chi connectivity index (χ2n) is 6.06. The molecule has 0 radical (unpaired) electrons. The minimum atomic E-state index is -0.593. The number of thiophene rings is 1. The van der Waals surface area contributed by atoms with Gasteiger partial charge in [-0.3, -0.25) is 14.9 Å². The molecule has 1 aromatic carbocycles. The molecular formula is C16H16N4O3S. The maximum Gasteiger partial charge on any atom is 0.276 e. The van der Waals surface area contributed by atoms with Gasteiger partial charge in [0, 0.05) is 24.0 Å². The maximum absolute atomic E-state index is 12.6. The van der Waals surface area contributed by atoms with Crippen LogP contribution in [0.4, 0.5) is 10.7 Å². The molecule has 0 saturated heterocycles. The summed E-state index contributed by atoms with van der Waals surface area (Å²) in [4.78, 5) is 26.9. The largest absolute Gasteiger partial charge is 0.352 e. The quantitative estimate of drug-likeness (QED) is 0.646. The molecule has 0 spiro atoms. The van der Waals surface area contributed by atoms with E-state index in [0.29, 0.717) is 11.1 Å². The van der Waals surface area contributed by atoms with Crippen LogP contribution in [0.2, 0.25) is 0 Å². The number of nitro groups is 1. The number of nitro benzene ring substituents is 1. The van der Waals surface area contributed by atoms with Crippen molar-refractivity contribution in [2.24, 2.45) is 0 Å². The van der Waals surface area contributed by atoms with Crippen LogP contribution in [0.1, 0.15) is 32.5 Å². The van der Waals surface area contributed by atoms with E-state index in [9.17, 15) is 14.9 Å². The van der Waals surface area contributed by atoms with Gasteiger partial charge in [-0.15, -0.1) is 11.3 Å². The molecule has 2 aliphatic heterocycles. The van der Waals surface area contributed by atoms with Gasteiger partial charge in [0.05, 0.1) is 16.1 Å². The zero-order chi connectivity index (χ0) is 16.8. The molecule has 0 bridgehead atoms. The molecule has 0 fully saturated rings. The van der Waals surface area contributed by atoms with Crippen LogP contribution in [-0.4, -0.2) is 29.3 Å². The molecule has 0 aliphatic carbocycles. The van der Waals surface area contributed by atoms with Crippen molar-refractivity contribution in [3.8, 4) is 0 Å². The van der Waals surface area contributed by atoms with Gasteiger partial charge in [0.1, 0.15) is 11.2 Å². The van der Waals surface area contributed by atoms with Crippen molar-refractivity contribution in [2.45, 2.75) is 19.1 Å². The number of nitrogens with zero attached hydrogens (tertiary/aromatic N) is 2. The normalized spacial score (nSPS) is 19.9. The summed E-state index contributed by atoms with van der Waals surface area (Å²) < 4.78 is 0. The zero-order valence-corrected chi connectivity index (χ0v) is 13.9. The molecule has 4 rings (SSSR count). The third-order valence-corrected chi connectivity index (χ3v) is 5.62. The molecule has 1 aromatic heterocycles. The molecule has 2 aliphatic rings. The van der Waals surface area contributed by atoms with Crippen molar-refractivity contribution in [2.75, 3.05) is 18.9 Å². The van der Waals surface area contributed by atoms with E-state index in [1.165, 1.54) is 10.9 Å². The predicted molar refractivity (Wildman–Crippen MR) is 91.3 cm³/mol. The van der Waals surface area contributed by atoms with Gasteiger partial charge in [0.15, 0.2) is 0 Å². The van der Waals surface area contributed by atoms with Crippen LogP contribution in [0, 0.1) is 10.1 Å². The van der Waals surface area contributed by atoms with E-state index in [4.69, 9.17) is 0 Å². The average Bonchev–Trinajstić information content (AvgIpc) is 2.92. The van der Waals surface area contributed by atoms with E-state index in [2.05, 4.69) is 22.6 Å². The Hall–Kier alpha value is -2.45. The van der Waals surface area contributed by atoms with Gasteiger partial charge in [-0.1, -0.05) is 12.1 Å². The Morgan fingerprint density at radius 3 is 2.92 bits per heavy atom.